The first-order valence-electron chi connectivity index (χ1n) is 7.04. The zero-order valence-electron chi connectivity index (χ0n) is 13.0. The fraction of sp³-hybridized carbons (Fsp3) is 0.333. The molecule has 1 amide bonds. The Morgan fingerprint density at radius 2 is 2.12 bits per heavy atom. The second-order valence-electron chi connectivity index (χ2n) is 5.11. The Morgan fingerprint density at radius 1 is 1.44 bits per heavy atom. The predicted octanol–water partition coefficient (Wildman–Crippen LogP) is 2.03. The Hall–Kier alpha value is -2.26. The molecule has 0 saturated carbocycles. The minimum Gasteiger partial charge on any atom is -0.466 e. The first-order chi connectivity index (χ1) is 11.7. The molecule has 0 bridgehead atoms. The molecule has 2 N–H and O–H groups in total. The minimum atomic E-state index is -4.60. The molecule has 1 aliphatic rings. The summed E-state index contributed by atoms with van der Waals surface area (Å²) < 4.78 is 42.8. The van der Waals surface area contributed by atoms with E-state index in [2.05, 4.69) is 10.1 Å². The average Bonchev–Trinajstić information content (AvgIpc) is 2.83. The molecular weight excluding hydrogens is 365 g/mol. The number of nitrogens with zero attached hydrogens (tertiary/aromatic N) is 1. The van der Waals surface area contributed by atoms with E-state index in [-0.39, 0.29) is 36.7 Å². The highest BCUT2D eigenvalue weighted by molar-refractivity contribution is 6.31. The highest BCUT2D eigenvalue weighted by Gasteiger charge is 2.35. The third kappa shape index (κ3) is 4.05. The molecule has 1 heterocycles. The zero-order chi connectivity index (χ0) is 18.8. The molecule has 0 aliphatic carbocycles. The molecule has 0 aromatic heterocycles. The van der Waals surface area contributed by atoms with E-state index < -0.39 is 28.6 Å². The standard InChI is InChI=1S/C15H14ClF3N2O4/c1-25-14(24)9-7-21(4-5-22)13(23)12(9)20-8-2-3-10(11(16)6-8)15(17,18)19/h2-3,6,20,22H,4-5,7H2,1H3. The highest BCUT2D eigenvalue weighted by Crippen LogP contribution is 2.36. The van der Waals surface area contributed by atoms with Crippen LogP contribution in [0.3, 0.4) is 0 Å². The third-order valence-electron chi connectivity index (χ3n) is 3.50. The van der Waals surface area contributed by atoms with Crippen molar-refractivity contribution in [3.63, 3.8) is 0 Å². The highest BCUT2D eigenvalue weighted by atomic mass is 35.5. The van der Waals surface area contributed by atoms with E-state index in [4.69, 9.17) is 16.7 Å². The average molecular weight is 379 g/mol. The molecule has 1 aliphatic heterocycles. The van der Waals surface area contributed by atoms with Crippen LogP contribution in [0.5, 0.6) is 0 Å². The minimum absolute atomic E-state index is 0.00171. The van der Waals surface area contributed by atoms with Gasteiger partial charge in [0.05, 0.1) is 36.4 Å². The maximum Gasteiger partial charge on any atom is 0.417 e. The summed E-state index contributed by atoms with van der Waals surface area (Å²) in [6.45, 7) is -0.388. The molecule has 1 aromatic carbocycles. The Labute approximate surface area is 145 Å². The second-order valence-corrected chi connectivity index (χ2v) is 5.52. The summed E-state index contributed by atoms with van der Waals surface area (Å²) in [5.74, 6) is -1.33. The summed E-state index contributed by atoms with van der Waals surface area (Å²) in [6, 6.07) is 2.88. The van der Waals surface area contributed by atoms with E-state index >= 15 is 0 Å². The summed E-state index contributed by atoms with van der Waals surface area (Å²) >= 11 is 5.64. The number of hydrogen-bond donors (Lipinski definition) is 2. The molecule has 10 heteroatoms. The van der Waals surface area contributed by atoms with Crippen molar-refractivity contribution in [3.05, 3.63) is 40.1 Å². The number of aliphatic hydroxyl groups excluding tert-OH is 1. The number of benzene rings is 1. The van der Waals surface area contributed by atoms with Crippen molar-refractivity contribution < 1.29 is 32.6 Å². The van der Waals surface area contributed by atoms with E-state index in [0.717, 1.165) is 25.3 Å². The largest absolute Gasteiger partial charge is 0.466 e. The summed E-state index contributed by atoms with van der Waals surface area (Å²) in [7, 11) is 1.14. The molecule has 0 fully saturated rings. The molecule has 6 nitrogen and oxygen atoms in total. The fourth-order valence-corrected chi connectivity index (χ4v) is 2.60. The lowest BCUT2D eigenvalue weighted by molar-refractivity contribution is -0.137. The number of aliphatic hydroxyl groups is 1. The number of rotatable bonds is 5. The van der Waals surface area contributed by atoms with Crippen molar-refractivity contribution in [3.8, 4) is 0 Å². The van der Waals surface area contributed by atoms with Gasteiger partial charge in [0.15, 0.2) is 0 Å². The lowest BCUT2D eigenvalue weighted by atomic mass is 10.2. The first kappa shape index (κ1) is 19.1. The fourth-order valence-electron chi connectivity index (χ4n) is 2.32. The Morgan fingerprint density at radius 3 is 2.64 bits per heavy atom. The maximum atomic E-state index is 12.7. The van der Waals surface area contributed by atoms with Gasteiger partial charge in [-0.25, -0.2) is 4.79 Å². The SMILES string of the molecule is COC(=O)C1=C(Nc2ccc(C(F)(F)F)c(Cl)c2)C(=O)N(CCO)C1. The van der Waals surface area contributed by atoms with Gasteiger partial charge < -0.3 is 20.1 Å². The van der Waals surface area contributed by atoms with Crippen molar-refractivity contribution in [2.45, 2.75) is 6.18 Å². The molecule has 136 valence electrons. The third-order valence-corrected chi connectivity index (χ3v) is 3.81. The number of hydrogen-bond acceptors (Lipinski definition) is 5. The number of β-amino-alcohol motifs (C(OH)–C–C–N with tert-alkyl or cyclic N) is 1. The van der Waals surface area contributed by atoms with Crippen molar-refractivity contribution in [2.75, 3.05) is 32.1 Å². The number of methoxy groups -OCH3 is 1. The van der Waals surface area contributed by atoms with Gasteiger partial charge in [-0.1, -0.05) is 11.6 Å². The van der Waals surface area contributed by atoms with Crippen molar-refractivity contribution >= 4 is 29.2 Å². The number of esters is 1. The number of halogens is 4. The second kappa shape index (κ2) is 7.32. The van der Waals surface area contributed by atoms with Crippen LogP contribution in [0.15, 0.2) is 29.5 Å². The molecule has 1 aromatic rings. The predicted molar refractivity (Wildman–Crippen MR) is 82.8 cm³/mol. The Kier molecular flexibility index (Phi) is 5.58. The number of carbonyl (C=O) groups is 2. The normalized spacial score (nSPS) is 15.0. The summed E-state index contributed by atoms with van der Waals surface area (Å²) in [6.07, 6.45) is -4.60. The molecule has 25 heavy (non-hydrogen) atoms. The van der Waals surface area contributed by atoms with Crippen LogP contribution in [0.25, 0.3) is 0 Å². The number of ether oxygens (including phenoxy) is 1. The zero-order valence-corrected chi connectivity index (χ0v) is 13.7. The van der Waals surface area contributed by atoms with Crippen LogP contribution in [0.1, 0.15) is 5.56 Å². The quantitative estimate of drug-likeness (QED) is 0.767. The molecule has 0 unspecified atom stereocenters. The van der Waals surface area contributed by atoms with Crippen molar-refractivity contribution in [2.24, 2.45) is 0 Å². The van der Waals surface area contributed by atoms with Gasteiger partial charge in [0.1, 0.15) is 5.70 Å². The van der Waals surface area contributed by atoms with Gasteiger partial charge >= 0.3 is 12.1 Å². The van der Waals surface area contributed by atoms with Gasteiger partial charge in [0.2, 0.25) is 0 Å². The summed E-state index contributed by atoms with van der Waals surface area (Å²) in [4.78, 5) is 25.4. The Bertz CT molecular complexity index is 734. The van der Waals surface area contributed by atoms with Gasteiger partial charge in [-0.3, -0.25) is 4.79 Å². The molecule has 0 spiro atoms. The van der Waals surface area contributed by atoms with Crippen LogP contribution in [0.2, 0.25) is 5.02 Å². The monoisotopic (exact) mass is 378 g/mol. The van der Waals surface area contributed by atoms with Gasteiger partial charge in [-0.15, -0.1) is 0 Å². The van der Waals surface area contributed by atoms with Crippen LogP contribution in [0.4, 0.5) is 18.9 Å². The van der Waals surface area contributed by atoms with Crippen LogP contribution >= 0.6 is 11.6 Å². The lowest BCUT2D eigenvalue weighted by Crippen LogP contribution is -2.31. The van der Waals surface area contributed by atoms with Crippen LogP contribution in [-0.4, -0.2) is 48.7 Å². The smallest absolute Gasteiger partial charge is 0.417 e. The van der Waals surface area contributed by atoms with Gasteiger partial charge in [-0.05, 0) is 18.2 Å². The van der Waals surface area contributed by atoms with E-state index in [1.807, 2.05) is 0 Å². The van der Waals surface area contributed by atoms with Crippen LogP contribution in [0, 0.1) is 0 Å². The molecule has 0 atom stereocenters. The van der Waals surface area contributed by atoms with Gasteiger partial charge in [0, 0.05) is 12.2 Å². The summed E-state index contributed by atoms with van der Waals surface area (Å²) in [5, 5.41) is 11.0. The number of alkyl halides is 3. The maximum absolute atomic E-state index is 12.7. The Balaban J connectivity index is 2.34. The molecular formula is C15H14ClF3N2O4. The molecule has 0 radical (unpaired) electrons. The molecule has 2 rings (SSSR count). The lowest BCUT2D eigenvalue weighted by Gasteiger charge is -2.15. The summed E-state index contributed by atoms with van der Waals surface area (Å²) in [5.41, 5.74) is -1.02. The molecule has 0 saturated heterocycles. The van der Waals surface area contributed by atoms with Gasteiger partial charge in [-0.2, -0.15) is 13.2 Å². The number of amides is 1. The van der Waals surface area contributed by atoms with Gasteiger partial charge in [0.25, 0.3) is 5.91 Å². The van der Waals surface area contributed by atoms with E-state index in [1.54, 1.807) is 0 Å². The van der Waals surface area contributed by atoms with Crippen LogP contribution < -0.4 is 5.32 Å². The number of anilines is 1. The van der Waals surface area contributed by atoms with Crippen molar-refractivity contribution in [1.29, 1.82) is 0 Å². The number of carbonyl (C=O) groups excluding carboxylic acids is 2. The topological polar surface area (TPSA) is 78.9 Å². The van der Waals surface area contributed by atoms with E-state index in [1.165, 1.54) is 4.90 Å². The van der Waals surface area contributed by atoms with E-state index in [0.29, 0.717) is 0 Å². The van der Waals surface area contributed by atoms with Crippen LogP contribution in [-0.2, 0) is 20.5 Å². The van der Waals surface area contributed by atoms with Crippen molar-refractivity contribution in [1.82, 2.24) is 4.90 Å². The van der Waals surface area contributed by atoms with E-state index in [9.17, 15) is 22.8 Å². The first-order valence-corrected chi connectivity index (χ1v) is 7.42. The number of nitrogens with one attached hydrogen (secondary N) is 1.